The lowest BCUT2D eigenvalue weighted by molar-refractivity contribution is 0.213. The molecule has 114 valence electrons. The first-order valence-electron chi connectivity index (χ1n) is 7.66. The van der Waals surface area contributed by atoms with Crippen LogP contribution in [0.5, 0.6) is 0 Å². The zero-order valence-electron chi connectivity index (χ0n) is 12.7. The molecule has 0 aromatic rings. The van der Waals surface area contributed by atoms with Crippen molar-refractivity contribution in [2.75, 3.05) is 31.1 Å². The monoisotopic (exact) mass is 290 g/mol. The number of hydrogen-bond donors (Lipinski definition) is 1. The first kappa shape index (κ1) is 16.9. The van der Waals surface area contributed by atoms with E-state index >= 15 is 0 Å². The Hall–Kier alpha value is -0.130. The highest BCUT2D eigenvalue weighted by Crippen LogP contribution is 2.12. The van der Waals surface area contributed by atoms with Gasteiger partial charge in [0.05, 0.1) is 5.75 Å². The number of nitrogens with one attached hydrogen (secondary N) is 1. The Morgan fingerprint density at radius 3 is 2.58 bits per heavy atom. The predicted molar refractivity (Wildman–Crippen MR) is 81.3 cm³/mol. The zero-order chi connectivity index (χ0) is 14.3. The van der Waals surface area contributed by atoms with Gasteiger partial charge in [-0.05, 0) is 32.7 Å². The van der Waals surface area contributed by atoms with Crippen LogP contribution in [0.2, 0.25) is 0 Å². The Morgan fingerprint density at radius 1 is 1.21 bits per heavy atom. The number of sulfone groups is 1. The van der Waals surface area contributed by atoms with Crippen molar-refractivity contribution in [3.63, 3.8) is 0 Å². The van der Waals surface area contributed by atoms with E-state index in [1.54, 1.807) is 0 Å². The summed E-state index contributed by atoms with van der Waals surface area (Å²) >= 11 is 0. The van der Waals surface area contributed by atoms with Crippen LogP contribution in [0, 0.1) is 0 Å². The van der Waals surface area contributed by atoms with Crippen LogP contribution >= 0.6 is 0 Å². The molecule has 1 N–H and O–H groups in total. The molecule has 1 aliphatic rings. The van der Waals surface area contributed by atoms with E-state index in [1.807, 2.05) is 6.92 Å². The van der Waals surface area contributed by atoms with Crippen molar-refractivity contribution in [3.8, 4) is 0 Å². The Kier molecular flexibility index (Phi) is 7.32. The van der Waals surface area contributed by atoms with Gasteiger partial charge < -0.3 is 5.32 Å². The van der Waals surface area contributed by atoms with E-state index in [9.17, 15) is 8.42 Å². The van der Waals surface area contributed by atoms with Crippen LogP contribution in [0.25, 0.3) is 0 Å². The molecule has 4 nitrogen and oxygen atoms in total. The van der Waals surface area contributed by atoms with Gasteiger partial charge in [0.2, 0.25) is 0 Å². The largest absolute Gasteiger partial charge is 0.313 e. The molecule has 0 radical (unpaired) electrons. The molecule has 0 saturated carbocycles. The lowest BCUT2D eigenvalue weighted by Crippen LogP contribution is -2.42. The lowest BCUT2D eigenvalue weighted by Gasteiger charge is -2.28. The minimum atomic E-state index is -2.86. The first-order chi connectivity index (χ1) is 8.98. The van der Waals surface area contributed by atoms with E-state index in [-0.39, 0.29) is 0 Å². The molecule has 1 saturated heterocycles. The molecule has 1 aliphatic heterocycles. The second-order valence-corrected chi connectivity index (χ2v) is 8.03. The number of hydrogen-bond acceptors (Lipinski definition) is 4. The van der Waals surface area contributed by atoms with Crippen LogP contribution in [0.4, 0.5) is 0 Å². The fourth-order valence-corrected chi connectivity index (χ4v) is 4.07. The van der Waals surface area contributed by atoms with Gasteiger partial charge in [-0.25, -0.2) is 8.42 Å². The van der Waals surface area contributed by atoms with Crippen molar-refractivity contribution in [1.82, 2.24) is 10.2 Å². The van der Waals surface area contributed by atoms with Crippen molar-refractivity contribution < 1.29 is 8.42 Å². The topological polar surface area (TPSA) is 49.4 Å². The summed E-state index contributed by atoms with van der Waals surface area (Å²) in [6.07, 6.45) is 4.17. The molecule has 0 aliphatic carbocycles. The van der Waals surface area contributed by atoms with Gasteiger partial charge in [0, 0.05) is 30.9 Å². The van der Waals surface area contributed by atoms with Gasteiger partial charge in [-0.15, -0.1) is 0 Å². The van der Waals surface area contributed by atoms with Crippen LogP contribution in [-0.2, 0) is 9.84 Å². The highest BCUT2D eigenvalue weighted by Gasteiger charge is 2.23. The Morgan fingerprint density at radius 2 is 1.95 bits per heavy atom. The highest BCUT2D eigenvalue weighted by molar-refractivity contribution is 7.91. The van der Waals surface area contributed by atoms with Gasteiger partial charge in [0.1, 0.15) is 0 Å². The van der Waals surface area contributed by atoms with Crippen molar-refractivity contribution in [3.05, 3.63) is 0 Å². The summed E-state index contributed by atoms with van der Waals surface area (Å²) in [5.74, 6) is 0.635. The fourth-order valence-electron chi connectivity index (χ4n) is 2.73. The van der Waals surface area contributed by atoms with Crippen LogP contribution < -0.4 is 5.32 Å². The van der Waals surface area contributed by atoms with Gasteiger partial charge in [0.15, 0.2) is 9.84 Å². The summed E-state index contributed by atoms with van der Waals surface area (Å²) in [5.41, 5.74) is 0. The van der Waals surface area contributed by atoms with E-state index in [2.05, 4.69) is 24.1 Å². The van der Waals surface area contributed by atoms with Crippen molar-refractivity contribution in [1.29, 1.82) is 0 Å². The normalized spacial score (nSPS) is 26.3. The molecular formula is C14H30N2O2S. The van der Waals surface area contributed by atoms with E-state index in [0.717, 1.165) is 25.9 Å². The molecule has 0 aromatic heterocycles. The van der Waals surface area contributed by atoms with Gasteiger partial charge in [-0.2, -0.15) is 0 Å². The van der Waals surface area contributed by atoms with Crippen molar-refractivity contribution in [2.45, 2.75) is 58.5 Å². The summed E-state index contributed by atoms with van der Waals surface area (Å²) in [6.45, 7) is 9.05. The summed E-state index contributed by atoms with van der Waals surface area (Å²) in [7, 11) is -2.86. The van der Waals surface area contributed by atoms with Gasteiger partial charge in [-0.3, -0.25) is 4.90 Å². The predicted octanol–water partition coefficient (Wildman–Crippen LogP) is 1.66. The van der Waals surface area contributed by atoms with Crippen LogP contribution in [0.3, 0.4) is 0 Å². The first-order valence-corrected chi connectivity index (χ1v) is 9.48. The third-order valence-electron chi connectivity index (χ3n) is 3.92. The zero-order valence-corrected chi connectivity index (χ0v) is 13.5. The van der Waals surface area contributed by atoms with E-state index in [4.69, 9.17) is 0 Å². The van der Waals surface area contributed by atoms with Crippen molar-refractivity contribution in [2.24, 2.45) is 0 Å². The maximum atomic E-state index is 11.8. The highest BCUT2D eigenvalue weighted by atomic mass is 32.2. The van der Waals surface area contributed by atoms with Crippen molar-refractivity contribution >= 4 is 9.84 Å². The average Bonchev–Trinajstić information content (AvgIpc) is 2.50. The van der Waals surface area contributed by atoms with E-state index in [0.29, 0.717) is 30.1 Å². The maximum Gasteiger partial charge on any atom is 0.151 e. The summed E-state index contributed by atoms with van der Waals surface area (Å²) in [4.78, 5) is 2.35. The summed E-state index contributed by atoms with van der Waals surface area (Å²) in [5, 5.41) is 3.57. The molecule has 0 spiro atoms. The fraction of sp³-hybridized carbons (Fsp3) is 1.00. The third kappa shape index (κ3) is 6.23. The van der Waals surface area contributed by atoms with Crippen LogP contribution in [-0.4, -0.2) is 56.5 Å². The minimum Gasteiger partial charge on any atom is -0.313 e. The maximum absolute atomic E-state index is 11.8. The molecule has 0 amide bonds. The summed E-state index contributed by atoms with van der Waals surface area (Å²) in [6, 6.07) is 0.995. The molecule has 1 rings (SSSR count). The second kappa shape index (κ2) is 8.22. The molecule has 2 atom stereocenters. The molecule has 1 fully saturated rings. The van der Waals surface area contributed by atoms with E-state index < -0.39 is 9.84 Å². The van der Waals surface area contributed by atoms with Gasteiger partial charge in [0.25, 0.3) is 0 Å². The Bertz CT molecular complexity index is 343. The van der Waals surface area contributed by atoms with Crippen LogP contribution in [0.1, 0.15) is 46.5 Å². The standard InChI is InChI=1S/C14H30N2O2S/c1-4-6-14-12-16(13(3)7-8-15-14)9-11-19(17,18)10-5-2/h13-15H,4-12H2,1-3H3. The summed E-state index contributed by atoms with van der Waals surface area (Å²) < 4.78 is 23.7. The van der Waals surface area contributed by atoms with Gasteiger partial charge in [-0.1, -0.05) is 20.3 Å². The average molecular weight is 290 g/mol. The van der Waals surface area contributed by atoms with Crippen LogP contribution in [0.15, 0.2) is 0 Å². The molecule has 0 bridgehead atoms. The molecular weight excluding hydrogens is 260 g/mol. The second-order valence-electron chi connectivity index (χ2n) is 5.72. The Balaban J connectivity index is 2.52. The third-order valence-corrected chi connectivity index (χ3v) is 5.75. The lowest BCUT2D eigenvalue weighted by atomic mass is 10.1. The number of nitrogens with zero attached hydrogens (tertiary/aromatic N) is 1. The smallest absolute Gasteiger partial charge is 0.151 e. The van der Waals surface area contributed by atoms with E-state index in [1.165, 1.54) is 12.8 Å². The SMILES string of the molecule is CCCC1CN(CCS(=O)(=O)CCC)C(C)CCN1. The molecule has 0 aromatic carbocycles. The van der Waals surface area contributed by atoms with Gasteiger partial charge >= 0.3 is 0 Å². The Labute approximate surface area is 118 Å². The molecule has 1 heterocycles. The minimum absolute atomic E-state index is 0.310. The number of rotatable bonds is 7. The quantitative estimate of drug-likeness (QED) is 0.775. The molecule has 2 unspecified atom stereocenters. The molecule has 19 heavy (non-hydrogen) atoms. The molecule has 5 heteroatoms.